The molecule has 0 radical (unpaired) electrons. The minimum Gasteiger partial charge on any atom is -0.379 e. The van der Waals surface area contributed by atoms with E-state index >= 15 is 0 Å². The molecule has 1 aromatic rings. The summed E-state index contributed by atoms with van der Waals surface area (Å²) in [6.07, 6.45) is -0.161. The van der Waals surface area contributed by atoms with Crippen molar-refractivity contribution in [3.63, 3.8) is 0 Å². The van der Waals surface area contributed by atoms with Gasteiger partial charge in [0.25, 0.3) is 0 Å². The second kappa shape index (κ2) is 5.64. The standard InChI is InChI=1S/C14H18FNO4S/c1-2-20-14-7-16(13-9-19-8-12(13)14)21(17,18)11-5-3-4-10(15)6-11/h3-6,12-14H,2,7-9H2,1H3/t12-,13+,14-/m1/s1. The van der Waals surface area contributed by atoms with Gasteiger partial charge in [0.2, 0.25) is 10.0 Å². The first-order valence-corrected chi connectivity index (χ1v) is 8.45. The third kappa shape index (κ3) is 2.59. The zero-order valence-electron chi connectivity index (χ0n) is 11.7. The molecule has 116 valence electrons. The molecule has 0 unspecified atom stereocenters. The molecule has 0 bridgehead atoms. The molecule has 5 nitrogen and oxygen atoms in total. The Morgan fingerprint density at radius 3 is 2.95 bits per heavy atom. The van der Waals surface area contributed by atoms with Crippen LogP contribution in [0.4, 0.5) is 4.39 Å². The molecule has 2 saturated heterocycles. The molecule has 2 heterocycles. The zero-order valence-corrected chi connectivity index (χ0v) is 12.6. The molecule has 0 saturated carbocycles. The van der Waals surface area contributed by atoms with E-state index in [0.29, 0.717) is 26.4 Å². The predicted molar refractivity (Wildman–Crippen MR) is 73.8 cm³/mol. The van der Waals surface area contributed by atoms with E-state index in [0.717, 1.165) is 6.07 Å². The van der Waals surface area contributed by atoms with Crippen LogP contribution in [0.2, 0.25) is 0 Å². The van der Waals surface area contributed by atoms with Crippen molar-refractivity contribution in [3.05, 3.63) is 30.1 Å². The van der Waals surface area contributed by atoms with E-state index in [1.165, 1.54) is 22.5 Å². The van der Waals surface area contributed by atoms with Crippen LogP contribution in [0.3, 0.4) is 0 Å². The van der Waals surface area contributed by atoms with Crippen molar-refractivity contribution in [2.24, 2.45) is 5.92 Å². The summed E-state index contributed by atoms with van der Waals surface area (Å²) >= 11 is 0. The average Bonchev–Trinajstić information content (AvgIpc) is 3.03. The molecule has 21 heavy (non-hydrogen) atoms. The van der Waals surface area contributed by atoms with Gasteiger partial charge < -0.3 is 9.47 Å². The quantitative estimate of drug-likeness (QED) is 0.839. The molecule has 3 rings (SSSR count). The highest BCUT2D eigenvalue weighted by atomic mass is 32.2. The highest BCUT2D eigenvalue weighted by Gasteiger charge is 2.50. The summed E-state index contributed by atoms with van der Waals surface area (Å²) in [7, 11) is -3.73. The minimum atomic E-state index is -3.73. The maximum absolute atomic E-state index is 13.3. The lowest BCUT2D eigenvalue weighted by Crippen LogP contribution is -2.38. The van der Waals surface area contributed by atoms with E-state index in [2.05, 4.69) is 0 Å². The van der Waals surface area contributed by atoms with Crippen LogP contribution in [0, 0.1) is 11.7 Å². The fourth-order valence-electron chi connectivity index (χ4n) is 3.09. The summed E-state index contributed by atoms with van der Waals surface area (Å²) in [6.45, 7) is 3.58. The van der Waals surface area contributed by atoms with Gasteiger partial charge in [-0.3, -0.25) is 0 Å². The highest BCUT2D eigenvalue weighted by Crippen LogP contribution is 2.36. The molecular weight excluding hydrogens is 297 g/mol. The van der Waals surface area contributed by atoms with Crippen molar-refractivity contribution in [1.29, 1.82) is 0 Å². The number of ether oxygens (including phenoxy) is 2. The van der Waals surface area contributed by atoms with Gasteiger partial charge in [0.1, 0.15) is 5.82 Å². The predicted octanol–water partition coefficient (Wildman–Crippen LogP) is 1.25. The lowest BCUT2D eigenvalue weighted by molar-refractivity contribution is 0.0308. The van der Waals surface area contributed by atoms with E-state index in [1.807, 2.05) is 6.92 Å². The van der Waals surface area contributed by atoms with Gasteiger partial charge in [0.05, 0.1) is 30.3 Å². The number of fused-ring (bicyclic) bond motifs is 1. The Bertz CT molecular complexity index is 621. The molecule has 2 fully saturated rings. The topological polar surface area (TPSA) is 55.8 Å². The maximum atomic E-state index is 13.3. The van der Waals surface area contributed by atoms with Crippen LogP contribution in [-0.2, 0) is 19.5 Å². The first-order chi connectivity index (χ1) is 10.0. The Kier molecular flexibility index (Phi) is 4.00. The van der Waals surface area contributed by atoms with Crippen molar-refractivity contribution >= 4 is 10.0 Å². The largest absolute Gasteiger partial charge is 0.379 e. The number of nitrogens with zero attached hydrogens (tertiary/aromatic N) is 1. The molecule has 2 aliphatic rings. The molecule has 1 aromatic carbocycles. The number of hydrogen-bond donors (Lipinski definition) is 0. The smallest absolute Gasteiger partial charge is 0.243 e. The van der Waals surface area contributed by atoms with Gasteiger partial charge in [0, 0.05) is 19.1 Å². The van der Waals surface area contributed by atoms with Crippen LogP contribution < -0.4 is 0 Å². The van der Waals surface area contributed by atoms with Gasteiger partial charge in [-0.05, 0) is 25.1 Å². The minimum absolute atomic E-state index is 0.0229. The third-order valence-electron chi connectivity index (χ3n) is 4.08. The zero-order chi connectivity index (χ0) is 15.0. The van der Waals surface area contributed by atoms with Gasteiger partial charge in [-0.2, -0.15) is 4.31 Å². The van der Waals surface area contributed by atoms with E-state index in [1.54, 1.807) is 0 Å². The summed E-state index contributed by atoms with van der Waals surface area (Å²) in [5.74, 6) is -0.510. The first kappa shape index (κ1) is 14.9. The van der Waals surface area contributed by atoms with Crippen LogP contribution in [0.1, 0.15) is 6.92 Å². The van der Waals surface area contributed by atoms with Crippen molar-refractivity contribution in [1.82, 2.24) is 4.31 Å². The lowest BCUT2D eigenvalue weighted by Gasteiger charge is -2.21. The second-order valence-electron chi connectivity index (χ2n) is 5.29. The SMILES string of the molecule is CCO[C@@H]1CN(S(=O)(=O)c2cccc(F)c2)[C@H]2COC[C@@H]12. The summed E-state index contributed by atoms with van der Waals surface area (Å²) in [5, 5.41) is 0. The molecule has 0 amide bonds. The average molecular weight is 315 g/mol. The number of sulfonamides is 1. The van der Waals surface area contributed by atoms with Gasteiger partial charge in [0.15, 0.2) is 0 Å². The van der Waals surface area contributed by atoms with Crippen LogP contribution in [0.5, 0.6) is 0 Å². The van der Waals surface area contributed by atoms with E-state index in [4.69, 9.17) is 9.47 Å². The molecule has 0 spiro atoms. The van der Waals surface area contributed by atoms with Crippen molar-refractivity contribution in [2.75, 3.05) is 26.4 Å². The highest BCUT2D eigenvalue weighted by molar-refractivity contribution is 7.89. The fourth-order valence-corrected chi connectivity index (χ4v) is 4.79. The molecule has 3 atom stereocenters. The molecule has 7 heteroatoms. The second-order valence-corrected chi connectivity index (χ2v) is 7.19. The Morgan fingerprint density at radius 2 is 2.24 bits per heavy atom. The van der Waals surface area contributed by atoms with Gasteiger partial charge in [-0.1, -0.05) is 6.07 Å². The van der Waals surface area contributed by atoms with E-state index in [-0.39, 0.29) is 23.0 Å². The molecule has 2 aliphatic heterocycles. The summed E-state index contributed by atoms with van der Waals surface area (Å²) in [6, 6.07) is 4.87. The lowest BCUT2D eigenvalue weighted by atomic mass is 10.0. The Balaban J connectivity index is 1.92. The third-order valence-corrected chi connectivity index (χ3v) is 5.97. The Labute approximate surface area is 123 Å². The van der Waals surface area contributed by atoms with Crippen LogP contribution >= 0.6 is 0 Å². The van der Waals surface area contributed by atoms with Crippen molar-refractivity contribution < 1.29 is 22.3 Å². The number of hydrogen-bond acceptors (Lipinski definition) is 4. The molecule has 0 aromatic heterocycles. The molecule has 0 N–H and O–H groups in total. The van der Waals surface area contributed by atoms with Gasteiger partial charge in [-0.15, -0.1) is 0 Å². The number of halogens is 1. The number of benzene rings is 1. The summed E-state index contributed by atoms with van der Waals surface area (Å²) in [4.78, 5) is -0.0229. The summed E-state index contributed by atoms with van der Waals surface area (Å²) < 4.78 is 51.2. The van der Waals surface area contributed by atoms with E-state index < -0.39 is 15.8 Å². The number of rotatable bonds is 4. The van der Waals surface area contributed by atoms with Crippen LogP contribution in [0.25, 0.3) is 0 Å². The fraction of sp³-hybridized carbons (Fsp3) is 0.571. The normalized spacial score (nSPS) is 29.7. The summed E-state index contributed by atoms with van der Waals surface area (Å²) in [5.41, 5.74) is 0. The Hall–Kier alpha value is -1.02. The monoisotopic (exact) mass is 315 g/mol. The first-order valence-electron chi connectivity index (χ1n) is 7.01. The van der Waals surface area contributed by atoms with Gasteiger partial charge >= 0.3 is 0 Å². The van der Waals surface area contributed by atoms with Crippen LogP contribution in [-0.4, -0.2) is 51.2 Å². The van der Waals surface area contributed by atoms with E-state index in [9.17, 15) is 12.8 Å². The van der Waals surface area contributed by atoms with Crippen molar-refractivity contribution in [2.45, 2.75) is 24.0 Å². The van der Waals surface area contributed by atoms with Crippen LogP contribution in [0.15, 0.2) is 29.2 Å². The molecule has 0 aliphatic carbocycles. The Morgan fingerprint density at radius 1 is 1.43 bits per heavy atom. The maximum Gasteiger partial charge on any atom is 0.243 e. The van der Waals surface area contributed by atoms with Gasteiger partial charge in [-0.25, -0.2) is 12.8 Å². The van der Waals surface area contributed by atoms with Crippen molar-refractivity contribution in [3.8, 4) is 0 Å². The molecular formula is C14H18FNO4S.